The number of carbonyl (C=O) groups excluding carboxylic acids is 1. The quantitative estimate of drug-likeness (QED) is 0.722. The van der Waals surface area contributed by atoms with Crippen molar-refractivity contribution in [1.29, 1.82) is 0 Å². The molecule has 0 aromatic rings. The maximum atomic E-state index is 11.4. The van der Waals surface area contributed by atoms with Gasteiger partial charge in [0.1, 0.15) is 6.04 Å². The molecule has 0 aromatic heterocycles. The lowest BCUT2D eigenvalue weighted by Gasteiger charge is -2.20. The summed E-state index contributed by atoms with van der Waals surface area (Å²) in [6.07, 6.45) is 3.23. The Labute approximate surface area is 81.3 Å². The molecule has 0 bridgehead atoms. The highest BCUT2D eigenvalue weighted by Crippen LogP contribution is 2.18. The minimum absolute atomic E-state index is 0.0580. The molecule has 1 aliphatic heterocycles. The molecular formula is C8H13NO3S. The third-order valence-electron chi connectivity index (χ3n) is 2.13. The van der Waals surface area contributed by atoms with Gasteiger partial charge < -0.3 is 10.0 Å². The number of aliphatic carboxylic acids is 1. The Morgan fingerprint density at radius 1 is 1.62 bits per heavy atom. The van der Waals surface area contributed by atoms with E-state index >= 15 is 0 Å². The van der Waals surface area contributed by atoms with E-state index < -0.39 is 12.0 Å². The van der Waals surface area contributed by atoms with Crippen LogP contribution in [0.5, 0.6) is 0 Å². The summed E-state index contributed by atoms with van der Waals surface area (Å²) in [6.45, 7) is 0.594. The Hall–Kier alpha value is -0.710. The highest BCUT2D eigenvalue weighted by atomic mass is 32.2. The van der Waals surface area contributed by atoms with Crippen LogP contribution in [-0.2, 0) is 9.59 Å². The van der Waals surface area contributed by atoms with E-state index in [9.17, 15) is 9.59 Å². The Kier molecular flexibility index (Phi) is 3.59. The van der Waals surface area contributed by atoms with Crippen LogP contribution in [-0.4, -0.2) is 46.5 Å². The third kappa shape index (κ3) is 2.37. The zero-order valence-corrected chi connectivity index (χ0v) is 8.34. The van der Waals surface area contributed by atoms with Crippen molar-refractivity contribution in [2.24, 2.45) is 0 Å². The summed E-state index contributed by atoms with van der Waals surface area (Å²) in [5, 5.41) is 8.80. The van der Waals surface area contributed by atoms with Gasteiger partial charge in [-0.25, -0.2) is 4.79 Å². The first-order valence-electron chi connectivity index (χ1n) is 4.18. The molecule has 0 aliphatic carbocycles. The molecule has 1 fully saturated rings. The molecule has 13 heavy (non-hydrogen) atoms. The van der Waals surface area contributed by atoms with Gasteiger partial charge in [0.15, 0.2) is 0 Å². The van der Waals surface area contributed by atoms with Crippen LogP contribution in [0.1, 0.15) is 12.8 Å². The van der Waals surface area contributed by atoms with Crippen molar-refractivity contribution in [3.05, 3.63) is 0 Å². The average molecular weight is 203 g/mol. The van der Waals surface area contributed by atoms with Crippen molar-refractivity contribution in [2.75, 3.05) is 18.6 Å². The number of carbonyl (C=O) groups is 2. The van der Waals surface area contributed by atoms with Gasteiger partial charge in [0.25, 0.3) is 0 Å². The topological polar surface area (TPSA) is 57.6 Å². The minimum atomic E-state index is -0.882. The van der Waals surface area contributed by atoms with E-state index in [0.717, 1.165) is 6.42 Å². The van der Waals surface area contributed by atoms with E-state index in [-0.39, 0.29) is 5.91 Å². The molecular weight excluding hydrogens is 190 g/mol. The molecule has 1 saturated heterocycles. The third-order valence-corrected chi connectivity index (χ3v) is 2.66. The SMILES string of the molecule is CSCC(=O)N1CCC[C@@H]1C(=O)O. The predicted octanol–water partition coefficient (Wildman–Crippen LogP) is 0.425. The molecule has 0 spiro atoms. The minimum Gasteiger partial charge on any atom is -0.480 e. The molecule has 74 valence electrons. The molecule has 1 N–H and O–H groups in total. The first-order valence-corrected chi connectivity index (χ1v) is 5.57. The summed E-state index contributed by atoms with van der Waals surface area (Å²) in [7, 11) is 0. The van der Waals surface area contributed by atoms with Gasteiger partial charge in [-0.2, -0.15) is 11.8 Å². The van der Waals surface area contributed by atoms with E-state index in [4.69, 9.17) is 5.11 Å². The number of amides is 1. The second kappa shape index (κ2) is 4.50. The Morgan fingerprint density at radius 2 is 2.31 bits per heavy atom. The molecule has 0 saturated carbocycles. The van der Waals surface area contributed by atoms with Crippen LogP contribution in [0.15, 0.2) is 0 Å². The molecule has 5 heteroatoms. The summed E-state index contributed by atoms with van der Waals surface area (Å²) in [6, 6.07) is -0.584. The fraction of sp³-hybridized carbons (Fsp3) is 0.750. The van der Waals surface area contributed by atoms with Crippen LogP contribution >= 0.6 is 11.8 Å². The van der Waals surface area contributed by atoms with Crippen LogP contribution in [0.4, 0.5) is 0 Å². The first kappa shape index (κ1) is 10.4. The zero-order chi connectivity index (χ0) is 9.84. The number of rotatable bonds is 3. The van der Waals surface area contributed by atoms with Crippen LogP contribution < -0.4 is 0 Å². The van der Waals surface area contributed by atoms with Gasteiger partial charge in [-0.05, 0) is 19.1 Å². The van der Waals surface area contributed by atoms with Crippen molar-refractivity contribution in [3.8, 4) is 0 Å². The number of likely N-dealkylation sites (tertiary alicyclic amines) is 1. The van der Waals surface area contributed by atoms with Crippen molar-refractivity contribution in [2.45, 2.75) is 18.9 Å². The summed E-state index contributed by atoms with van der Waals surface area (Å²) in [5.74, 6) is -0.562. The molecule has 1 rings (SSSR count). The van der Waals surface area contributed by atoms with Gasteiger partial charge in [-0.15, -0.1) is 0 Å². The van der Waals surface area contributed by atoms with Crippen LogP contribution in [0, 0.1) is 0 Å². The maximum Gasteiger partial charge on any atom is 0.326 e. The van der Waals surface area contributed by atoms with Gasteiger partial charge in [0.2, 0.25) is 5.91 Å². The molecule has 4 nitrogen and oxygen atoms in total. The van der Waals surface area contributed by atoms with Gasteiger partial charge in [0, 0.05) is 6.54 Å². The Bertz CT molecular complexity index is 219. The molecule has 0 unspecified atom stereocenters. The summed E-state index contributed by atoms with van der Waals surface area (Å²) in [5.41, 5.74) is 0. The second-order valence-electron chi connectivity index (χ2n) is 3.02. The van der Waals surface area contributed by atoms with Crippen molar-refractivity contribution in [3.63, 3.8) is 0 Å². The number of hydrogen-bond donors (Lipinski definition) is 1. The number of hydrogen-bond acceptors (Lipinski definition) is 3. The number of thioether (sulfide) groups is 1. The summed E-state index contributed by atoms with van der Waals surface area (Å²) < 4.78 is 0. The fourth-order valence-electron chi connectivity index (χ4n) is 1.53. The number of nitrogens with zero attached hydrogens (tertiary/aromatic N) is 1. The second-order valence-corrected chi connectivity index (χ2v) is 3.88. The molecule has 1 atom stereocenters. The van der Waals surface area contributed by atoms with Crippen molar-refractivity contribution >= 4 is 23.6 Å². The van der Waals surface area contributed by atoms with Crippen molar-refractivity contribution < 1.29 is 14.7 Å². The van der Waals surface area contributed by atoms with Crippen LogP contribution in [0.3, 0.4) is 0 Å². The van der Waals surface area contributed by atoms with Crippen LogP contribution in [0.25, 0.3) is 0 Å². The highest BCUT2D eigenvalue weighted by Gasteiger charge is 2.33. The lowest BCUT2D eigenvalue weighted by Crippen LogP contribution is -2.41. The zero-order valence-electron chi connectivity index (χ0n) is 7.52. The van der Waals surface area contributed by atoms with Crippen molar-refractivity contribution in [1.82, 2.24) is 4.90 Å². The molecule has 0 radical (unpaired) electrons. The summed E-state index contributed by atoms with van der Waals surface area (Å²) in [4.78, 5) is 23.6. The maximum absolute atomic E-state index is 11.4. The number of carboxylic acid groups (broad SMARTS) is 1. The highest BCUT2D eigenvalue weighted by molar-refractivity contribution is 7.99. The number of carboxylic acids is 1. The Morgan fingerprint density at radius 3 is 2.85 bits per heavy atom. The lowest BCUT2D eigenvalue weighted by atomic mass is 10.2. The first-order chi connectivity index (χ1) is 6.16. The van der Waals surface area contributed by atoms with Crippen LogP contribution in [0.2, 0.25) is 0 Å². The van der Waals surface area contributed by atoms with E-state index in [2.05, 4.69) is 0 Å². The largest absolute Gasteiger partial charge is 0.480 e. The molecule has 0 aromatic carbocycles. The Balaban J connectivity index is 2.57. The van der Waals surface area contributed by atoms with Gasteiger partial charge in [-0.1, -0.05) is 0 Å². The van der Waals surface area contributed by atoms with E-state index in [0.29, 0.717) is 18.7 Å². The van der Waals surface area contributed by atoms with E-state index in [1.165, 1.54) is 16.7 Å². The molecule has 1 aliphatic rings. The molecule has 1 heterocycles. The van der Waals surface area contributed by atoms with Gasteiger partial charge >= 0.3 is 5.97 Å². The monoisotopic (exact) mass is 203 g/mol. The standard InChI is InChI=1S/C8H13NO3S/c1-13-5-7(10)9-4-2-3-6(9)8(11)12/h6H,2-5H2,1H3,(H,11,12)/t6-/m1/s1. The lowest BCUT2D eigenvalue weighted by molar-refractivity contribution is -0.147. The normalized spacial score (nSPS) is 21.9. The smallest absolute Gasteiger partial charge is 0.326 e. The molecule has 1 amide bonds. The van der Waals surface area contributed by atoms with Gasteiger partial charge in [0.05, 0.1) is 5.75 Å². The van der Waals surface area contributed by atoms with E-state index in [1.54, 1.807) is 0 Å². The van der Waals surface area contributed by atoms with Gasteiger partial charge in [-0.3, -0.25) is 4.79 Å². The summed E-state index contributed by atoms with van der Waals surface area (Å²) >= 11 is 1.43. The fourth-order valence-corrected chi connectivity index (χ4v) is 1.94. The predicted molar refractivity (Wildman–Crippen MR) is 50.8 cm³/mol. The van der Waals surface area contributed by atoms with E-state index in [1.807, 2.05) is 6.26 Å². The average Bonchev–Trinajstić information content (AvgIpc) is 2.52.